The summed E-state index contributed by atoms with van der Waals surface area (Å²) < 4.78 is 0. The number of β-amino-alcohol motifs (C(OH)–C–C–N with tert-alkyl or cyclic N) is 1. The van der Waals surface area contributed by atoms with E-state index in [1.54, 1.807) is 24.3 Å². The predicted molar refractivity (Wildman–Crippen MR) is 78.9 cm³/mol. The number of hydrogen-bond acceptors (Lipinski definition) is 6. The number of amides is 2. The molecular weight excluding hydrogens is 286 g/mol. The van der Waals surface area contributed by atoms with Gasteiger partial charge in [-0.15, -0.1) is 0 Å². The fourth-order valence-corrected chi connectivity index (χ4v) is 2.25. The van der Waals surface area contributed by atoms with Crippen LogP contribution in [0.1, 0.15) is 0 Å². The molecule has 0 fully saturated rings. The minimum Gasteiger partial charge on any atom is -0.506 e. The number of pyridine rings is 1. The topological polar surface area (TPSA) is 103 Å². The summed E-state index contributed by atoms with van der Waals surface area (Å²) >= 11 is 0. The van der Waals surface area contributed by atoms with Gasteiger partial charge >= 0.3 is 0 Å². The molecule has 1 aliphatic heterocycles. The zero-order valence-corrected chi connectivity index (χ0v) is 11.5. The van der Waals surface area contributed by atoms with Crippen LogP contribution >= 0.6 is 0 Å². The predicted octanol–water partition coefficient (Wildman–Crippen LogP) is 0.597. The fourth-order valence-electron chi connectivity index (χ4n) is 2.25. The first kappa shape index (κ1) is 14.0. The van der Waals surface area contributed by atoms with Gasteiger partial charge in [0.15, 0.2) is 0 Å². The van der Waals surface area contributed by atoms with Crippen LogP contribution in [0.2, 0.25) is 0 Å². The minimum absolute atomic E-state index is 0.0299. The van der Waals surface area contributed by atoms with Crippen molar-refractivity contribution >= 4 is 28.4 Å². The molecule has 2 amide bonds. The highest BCUT2D eigenvalue weighted by molar-refractivity contribution is 6.17. The summed E-state index contributed by atoms with van der Waals surface area (Å²) in [7, 11) is 0. The Bertz CT molecular complexity index is 800. The van der Waals surface area contributed by atoms with E-state index in [9.17, 15) is 14.7 Å². The van der Waals surface area contributed by atoms with Gasteiger partial charge in [-0.05, 0) is 18.2 Å². The van der Waals surface area contributed by atoms with E-state index in [1.807, 2.05) is 0 Å². The lowest BCUT2D eigenvalue weighted by Gasteiger charge is -2.13. The Labute approximate surface area is 125 Å². The Morgan fingerprint density at radius 1 is 1.23 bits per heavy atom. The smallest absolute Gasteiger partial charge is 0.277 e. The summed E-state index contributed by atoms with van der Waals surface area (Å²) in [4.78, 5) is 28.8. The molecule has 0 aliphatic carbocycles. The molecule has 0 saturated heterocycles. The van der Waals surface area contributed by atoms with Crippen molar-refractivity contribution in [1.82, 2.24) is 9.88 Å². The lowest BCUT2D eigenvalue weighted by atomic mass is 10.2. The van der Waals surface area contributed by atoms with Crippen LogP contribution in [-0.2, 0) is 9.59 Å². The highest BCUT2D eigenvalue weighted by Crippen LogP contribution is 2.23. The maximum absolute atomic E-state index is 12.0. The number of aliphatic hydroxyl groups excluding tert-OH is 1. The van der Waals surface area contributed by atoms with Crippen molar-refractivity contribution in [3.63, 3.8) is 0 Å². The highest BCUT2D eigenvalue weighted by atomic mass is 16.3. The largest absolute Gasteiger partial charge is 0.506 e. The molecule has 0 radical (unpaired) electrons. The van der Waals surface area contributed by atoms with Gasteiger partial charge in [-0.2, -0.15) is 0 Å². The Morgan fingerprint density at radius 2 is 2.05 bits per heavy atom. The second-order valence-corrected chi connectivity index (χ2v) is 4.80. The molecule has 3 rings (SSSR count). The third-order valence-corrected chi connectivity index (χ3v) is 3.28. The van der Waals surface area contributed by atoms with Crippen LogP contribution in [0.3, 0.4) is 0 Å². The number of aliphatic hydroxyl groups is 1. The number of carbonyl (C=O) groups excluding carboxylic acids is 2. The van der Waals surface area contributed by atoms with Gasteiger partial charge in [0.05, 0.1) is 24.9 Å². The molecule has 0 spiro atoms. The second kappa shape index (κ2) is 5.45. The van der Waals surface area contributed by atoms with E-state index in [2.05, 4.69) is 10.3 Å². The number of anilines is 1. The van der Waals surface area contributed by atoms with Crippen LogP contribution in [0.5, 0.6) is 5.75 Å². The molecule has 0 unspecified atom stereocenters. The molecule has 2 aromatic rings. The van der Waals surface area contributed by atoms with E-state index < -0.39 is 11.8 Å². The maximum Gasteiger partial charge on any atom is 0.277 e. The number of nitrogens with zero attached hydrogens (tertiary/aromatic N) is 2. The van der Waals surface area contributed by atoms with Crippen LogP contribution < -0.4 is 5.32 Å². The zero-order chi connectivity index (χ0) is 15.7. The van der Waals surface area contributed by atoms with Crippen molar-refractivity contribution in [3.8, 4) is 5.75 Å². The van der Waals surface area contributed by atoms with E-state index in [4.69, 9.17) is 5.11 Å². The van der Waals surface area contributed by atoms with E-state index in [1.165, 1.54) is 12.3 Å². The van der Waals surface area contributed by atoms with E-state index >= 15 is 0 Å². The third-order valence-electron chi connectivity index (χ3n) is 3.28. The van der Waals surface area contributed by atoms with Crippen molar-refractivity contribution in [2.45, 2.75) is 0 Å². The molecule has 1 aromatic carbocycles. The standard InChI is InChI=1S/C15H13N3O4/c19-4-3-18-14(21)7-13(15(18)22)17-10-2-1-9-5-11(20)8-16-12(9)6-10/h1-2,5-8,17,19-20H,3-4H2. The van der Waals surface area contributed by atoms with Crippen molar-refractivity contribution in [2.75, 3.05) is 18.5 Å². The maximum atomic E-state index is 12.0. The van der Waals surface area contributed by atoms with Crippen LogP contribution in [-0.4, -0.2) is 45.1 Å². The zero-order valence-electron chi connectivity index (χ0n) is 11.5. The number of nitrogens with one attached hydrogen (secondary N) is 1. The van der Waals surface area contributed by atoms with Gasteiger partial charge in [0, 0.05) is 17.1 Å². The van der Waals surface area contributed by atoms with Crippen LogP contribution in [0, 0.1) is 0 Å². The summed E-state index contributed by atoms with van der Waals surface area (Å²) in [6.45, 7) is -0.306. The van der Waals surface area contributed by atoms with Crippen LogP contribution in [0.15, 0.2) is 42.2 Å². The molecule has 22 heavy (non-hydrogen) atoms. The Kier molecular flexibility index (Phi) is 3.48. The number of hydrogen-bond donors (Lipinski definition) is 3. The molecule has 1 aromatic heterocycles. The monoisotopic (exact) mass is 299 g/mol. The van der Waals surface area contributed by atoms with E-state index in [0.717, 1.165) is 10.3 Å². The number of fused-ring (bicyclic) bond motifs is 1. The lowest BCUT2D eigenvalue weighted by Crippen LogP contribution is -2.34. The summed E-state index contributed by atoms with van der Waals surface area (Å²) in [6.07, 6.45) is 2.53. The summed E-state index contributed by atoms with van der Waals surface area (Å²) in [5.41, 5.74) is 1.40. The van der Waals surface area contributed by atoms with Crippen molar-refractivity contribution in [2.24, 2.45) is 0 Å². The Morgan fingerprint density at radius 3 is 2.82 bits per heavy atom. The number of aromatic hydroxyl groups is 1. The van der Waals surface area contributed by atoms with Crippen LogP contribution in [0.4, 0.5) is 5.69 Å². The summed E-state index contributed by atoms with van der Waals surface area (Å²) in [6, 6.07) is 6.76. The molecule has 0 bridgehead atoms. The number of rotatable bonds is 4. The average Bonchev–Trinajstić information content (AvgIpc) is 2.75. The van der Waals surface area contributed by atoms with E-state index in [0.29, 0.717) is 11.2 Å². The minimum atomic E-state index is -0.474. The number of aromatic nitrogens is 1. The molecule has 2 heterocycles. The first-order chi connectivity index (χ1) is 10.6. The molecule has 3 N–H and O–H groups in total. The lowest BCUT2D eigenvalue weighted by molar-refractivity contribution is -0.137. The Hall–Kier alpha value is -2.93. The summed E-state index contributed by atoms with van der Waals surface area (Å²) in [5.74, 6) is -0.852. The van der Waals surface area contributed by atoms with Gasteiger partial charge in [-0.25, -0.2) is 0 Å². The van der Waals surface area contributed by atoms with Gasteiger partial charge in [-0.3, -0.25) is 19.5 Å². The van der Waals surface area contributed by atoms with Crippen molar-refractivity contribution < 1.29 is 19.8 Å². The molecule has 7 heteroatoms. The van der Waals surface area contributed by atoms with Crippen LogP contribution in [0.25, 0.3) is 10.9 Å². The number of carbonyl (C=O) groups is 2. The highest BCUT2D eigenvalue weighted by Gasteiger charge is 2.30. The average molecular weight is 299 g/mol. The Balaban J connectivity index is 1.84. The first-order valence-electron chi connectivity index (χ1n) is 6.62. The normalized spacial score (nSPS) is 14.6. The van der Waals surface area contributed by atoms with Gasteiger partial charge in [-0.1, -0.05) is 6.07 Å². The third kappa shape index (κ3) is 2.49. The number of imide groups is 1. The van der Waals surface area contributed by atoms with Gasteiger partial charge in [0.1, 0.15) is 11.4 Å². The molecule has 0 atom stereocenters. The molecule has 0 saturated carbocycles. The summed E-state index contributed by atoms with van der Waals surface area (Å²) in [5, 5.41) is 21.9. The van der Waals surface area contributed by atoms with Crippen molar-refractivity contribution in [1.29, 1.82) is 0 Å². The molecular formula is C15H13N3O4. The van der Waals surface area contributed by atoms with Crippen molar-refractivity contribution in [3.05, 3.63) is 42.2 Å². The molecule has 1 aliphatic rings. The SMILES string of the molecule is O=C1C=C(Nc2ccc3cc(O)cnc3c2)C(=O)N1CCO. The van der Waals surface area contributed by atoms with Gasteiger partial charge in [0.25, 0.3) is 11.8 Å². The van der Waals surface area contributed by atoms with Gasteiger partial charge in [0.2, 0.25) is 0 Å². The molecule has 112 valence electrons. The second-order valence-electron chi connectivity index (χ2n) is 4.80. The first-order valence-corrected chi connectivity index (χ1v) is 6.62. The van der Waals surface area contributed by atoms with Gasteiger partial charge < -0.3 is 15.5 Å². The number of benzene rings is 1. The fraction of sp³-hybridized carbons (Fsp3) is 0.133. The van der Waals surface area contributed by atoms with E-state index in [-0.39, 0.29) is 24.6 Å². The molecule has 7 nitrogen and oxygen atoms in total. The quantitative estimate of drug-likeness (QED) is 0.714.